The van der Waals surface area contributed by atoms with E-state index in [-0.39, 0.29) is 17.3 Å². The molecular formula is C17H21N3O4S. The van der Waals surface area contributed by atoms with Gasteiger partial charge in [0.15, 0.2) is 0 Å². The van der Waals surface area contributed by atoms with E-state index in [1.807, 2.05) is 6.92 Å². The third kappa shape index (κ3) is 3.74. The molecule has 1 aromatic carbocycles. The van der Waals surface area contributed by atoms with Crippen molar-refractivity contribution >= 4 is 15.9 Å². The summed E-state index contributed by atoms with van der Waals surface area (Å²) in [6.07, 6.45) is 1.17. The van der Waals surface area contributed by atoms with Gasteiger partial charge >= 0.3 is 0 Å². The van der Waals surface area contributed by atoms with Gasteiger partial charge in [0, 0.05) is 12.6 Å². The number of sulfonamides is 1. The van der Waals surface area contributed by atoms with Gasteiger partial charge < -0.3 is 9.84 Å². The summed E-state index contributed by atoms with van der Waals surface area (Å²) in [4.78, 5) is 12.7. The average molecular weight is 363 g/mol. The first-order valence-electron chi connectivity index (χ1n) is 8.16. The van der Waals surface area contributed by atoms with Crippen molar-refractivity contribution in [3.05, 3.63) is 47.3 Å². The second-order valence-electron chi connectivity index (χ2n) is 6.23. The Morgan fingerprint density at radius 1 is 1.32 bits per heavy atom. The van der Waals surface area contributed by atoms with Crippen LogP contribution in [0.5, 0.6) is 0 Å². The van der Waals surface area contributed by atoms with Crippen LogP contribution in [0.3, 0.4) is 0 Å². The van der Waals surface area contributed by atoms with Crippen molar-refractivity contribution in [2.45, 2.75) is 44.2 Å². The summed E-state index contributed by atoms with van der Waals surface area (Å²) >= 11 is 0. The van der Waals surface area contributed by atoms with Crippen LogP contribution in [-0.4, -0.2) is 36.4 Å². The van der Waals surface area contributed by atoms with E-state index in [4.69, 9.17) is 4.52 Å². The number of carbonyl (C=O) groups is 1. The number of carbonyl (C=O) groups excluding carboxylic acids is 1. The first-order valence-corrected chi connectivity index (χ1v) is 9.60. The van der Waals surface area contributed by atoms with Crippen LogP contribution < -0.4 is 5.32 Å². The molecule has 1 aliphatic rings. The lowest BCUT2D eigenvalue weighted by atomic mass is 10.2. The zero-order chi connectivity index (χ0) is 18.0. The molecule has 25 heavy (non-hydrogen) atoms. The van der Waals surface area contributed by atoms with Crippen molar-refractivity contribution in [3.8, 4) is 0 Å². The van der Waals surface area contributed by atoms with E-state index in [0.717, 1.165) is 5.56 Å². The third-order valence-corrected chi connectivity index (χ3v) is 6.18. The van der Waals surface area contributed by atoms with Gasteiger partial charge in [-0.15, -0.1) is 0 Å². The molecule has 1 aromatic heterocycles. The molecule has 1 amide bonds. The quantitative estimate of drug-likeness (QED) is 0.874. The zero-order valence-electron chi connectivity index (χ0n) is 14.2. The normalized spacial score (nSPS) is 18.4. The Labute approximate surface area is 147 Å². The first kappa shape index (κ1) is 17.6. The summed E-state index contributed by atoms with van der Waals surface area (Å²) in [5, 5.41) is 6.57. The van der Waals surface area contributed by atoms with E-state index in [0.29, 0.717) is 30.8 Å². The molecule has 1 saturated heterocycles. The van der Waals surface area contributed by atoms with Gasteiger partial charge in [0.1, 0.15) is 17.5 Å². The number of amides is 1. The molecule has 7 nitrogen and oxygen atoms in total. The first-order chi connectivity index (χ1) is 11.9. The maximum atomic E-state index is 12.9. The van der Waals surface area contributed by atoms with Crippen molar-refractivity contribution in [1.29, 1.82) is 0 Å². The van der Waals surface area contributed by atoms with Crippen molar-refractivity contribution in [3.63, 3.8) is 0 Å². The SMILES string of the molecule is Cc1ccc(S(=O)(=O)N2CCC[C@H]2C(=O)NCc2cc(C)on2)cc1. The standard InChI is InChI=1S/C17H21N3O4S/c1-12-5-7-15(8-6-12)25(22,23)20-9-3-4-16(20)17(21)18-11-14-10-13(2)24-19-14/h5-8,10,16H,3-4,9,11H2,1-2H3,(H,18,21)/t16-/m0/s1. The lowest BCUT2D eigenvalue weighted by Crippen LogP contribution is -2.45. The van der Waals surface area contributed by atoms with Gasteiger partial charge in [-0.1, -0.05) is 22.9 Å². The molecule has 1 N–H and O–H groups in total. The number of aromatic nitrogens is 1. The van der Waals surface area contributed by atoms with E-state index in [1.54, 1.807) is 37.3 Å². The average Bonchev–Trinajstić information content (AvgIpc) is 3.22. The Kier molecular flexibility index (Phi) is 4.91. The molecule has 1 atom stereocenters. The molecule has 0 unspecified atom stereocenters. The van der Waals surface area contributed by atoms with Gasteiger partial charge in [-0.05, 0) is 38.8 Å². The molecule has 2 heterocycles. The fourth-order valence-electron chi connectivity index (χ4n) is 2.93. The van der Waals surface area contributed by atoms with E-state index in [9.17, 15) is 13.2 Å². The maximum absolute atomic E-state index is 12.9. The highest BCUT2D eigenvalue weighted by Gasteiger charge is 2.39. The molecule has 0 radical (unpaired) electrons. The Morgan fingerprint density at radius 2 is 2.04 bits per heavy atom. The van der Waals surface area contributed by atoms with Gasteiger partial charge in [0.2, 0.25) is 15.9 Å². The van der Waals surface area contributed by atoms with Crippen molar-refractivity contribution < 1.29 is 17.7 Å². The summed E-state index contributed by atoms with van der Waals surface area (Å²) < 4.78 is 32.0. The Morgan fingerprint density at radius 3 is 2.68 bits per heavy atom. The molecule has 2 aromatic rings. The second kappa shape index (κ2) is 6.97. The highest BCUT2D eigenvalue weighted by atomic mass is 32.2. The van der Waals surface area contributed by atoms with Gasteiger partial charge in [0.25, 0.3) is 0 Å². The Balaban J connectivity index is 1.72. The fraction of sp³-hybridized carbons (Fsp3) is 0.412. The minimum absolute atomic E-state index is 0.213. The van der Waals surface area contributed by atoms with E-state index in [1.165, 1.54) is 4.31 Å². The van der Waals surface area contributed by atoms with Gasteiger partial charge in [-0.25, -0.2) is 8.42 Å². The highest BCUT2D eigenvalue weighted by molar-refractivity contribution is 7.89. The lowest BCUT2D eigenvalue weighted by molar-refractivity contribution is -0.124. The number of rotatable bonds is 5. The van der Waals surface area contributed by atoms with Crippen molar-refractivity contribution in [1.82, 2.24) is 14.8 Å². The number of nitrogens with zero attached hydrogens (tertiary/aromatic N) is 2. The maximum Gasteiger partial charge on any atom is 0.243 e. The summed E-state index contributed by atoms with van der Waals surface area (Å²) in [5.41, 5.74) is 1.59. The Bertz CT molecular complexity index is 858. The summed E-state index contributed by atoms with van der Waals surface area (Å²) in [6.45, 7) is 4.22. The van der Waals surface area contributed by atoms with Crippen molar-refractivity contribution in [2.24, 2.45) is 0 Å². The zero-order valence-corrected chi connectivity index (χ0v) is 15.0. The molecule has 0 aliphatic carbocycles. The van der Waals surface area contributed by atoms with Crippen LogP contribution in [0, 0.1) is 13.8 Å². The molecule has 3 rings (SSSR count). The Hall–Kier alpha value is -2.19. The van der Waals surface area contributed by atoms with Crippen molar-refractivity contribution in [2.75, 3.05) is 6.54 Å². The molecule has 0 spiro atoms. The van der Waals surface area contributed by atoms with E-state index in [2.05, 4.69) is 10.5 Å². The van der Waals surface area contributed by atoms with Crippen LogP contribution in [0.25, 0.3) is 0 Å². The van der Waals surface area contributed by atoms with Crippen LogP contribution in [0.1, 0.15) is 29.9 Å². The third-order valence-electron chi connectivity index (χ3n) is 4.25. The topological polar surface area (TPSA) is 92.5 Å². The van der Waals surface area contributed by atoms with Crippen LogP contribution >= 0.6 is 0 Å². The van der Waals surface area contributed by atoms with E-state index < -0.39 is 16.1 Å². The monoisotopic (exact) mass is 363 g/mol. The fourth-order valence-corrected chi connectivity index (χ4v) is 4.59. The minimum Gasteiger partial charge on any atom is -0.361 e. The molecule has 8 heteroatoms. The number of aryl methyl sites for hydroxylation is 2. The van der Waals surface area contributed by atoms with Gasteiger partial charge in [-0.2, -0.15) is 4.31 Å². The molecule has 0 bridgehead atoms. The predicted octanol–water partition coefficient (Wildman–Crippen LogP) is 1.76. The molecule has 1 aliphatic heterocycles. The molecular weight excluding hydrogens is 342 g/mol. The summed E-state index contributed by atoms with van der Waals surface area (Å²) in [5.74, 6) is 0.350. The summed E-state index contributed by atoms with van der Waals surface area (Å²) in [6, 6.07) is 7.71. The van der Waals surface area contributed by atoms with Crippen LogP contribution in [0.4, 0.5) is 0 Å². The summed E-state index contributed by atoms with van der Waals surface area (Å²) in [7, 11) is -3.69. The molecule has 0 saturated carbocycles. The van der Waals surface area contributed by atoms with Crippen LogP contribution in [-0.2, 0) is 21.4 Å². The predicted molar refractivity (Wildman–Crippen MR) is 91.2 cm³/mol. The molecule has 1 fully saturated rings. The smallest absolute Gasteiger partial charge is 0.243 e. The number of benzene rings is 1. The highest BCUT2D eigenvalue weighted by Crippen LogP contribution is 2.26. The van der Waals surface area contributed by atoms with Crippen LogP contribution in [0.2, 0.25) is 0 Å². The number of hydrogen-bond donors (Lipinski definition) is 1. The number of hydrogen-bond acceptors (Lipinski definition) is 5. The second-order valence-corrected chi connectivity index (χ2v) is 8.12. The van der Waals surface area contributed by atoms with Gasteiger partial charge in [0.05, 0.1) is 11.4 Å². The lowest BCUT2D eigenvalue weighted by Gasteiger charge is -2.23. The number of nitrogens with one attached hydrogen (secondary N) is 1. The van der Waals surface area contributed by atoms with E-state index >= 15 is 0 Å². The largest absolute Gasteiger partial charge is 0.361 e. The molecule has 134 valence electrons. The minimum atomic E-state index is -3.69. The van der Waals surface area contributed by atoms with Gasteiger partial charge in [-0.3, -0.25) is 4.79 Å². The van der Waals surface area contributed by atoms with Crippen LogP contribution in [0.15, 0.2) is 39.8 Å².